The molecule has 3 heteroatoms. The molecule has 1 aromatic heterocycles. The van der Waals surface area contributed by atoms with Gasteiger partial charge in [0, 0.05) is 11.8 Å². The highest BCUT2D eigenvalue weighted by Gasteiger charge is 2.55. The van der Waals surface area contributed by atoms with Crippen LogP contribution >= 0.6 is 0 Å². The molecule has 4 heterocycles. The minimum Gasteiger partial charge on any atom is -0.381 e. The number of piperidine rings is 3. The van der Waals surface area contributed by atoms with Crippen LogP contribution in [0, 0.1) is 18.3 Å². The number of rotatable bonds is 4. The van der Waals surface area contributed by atoms with E-state index in [4.69, 9.17) is 11.4 Å². The van der Waals surface area contributed by atoms with Crippen molar-refractivity contribution in [2.24, 2.45) is 5.92 Å². The summed E-state index contributed by atoms with van der Waals surface area (Å²) in [7, 11) is 0. The average molecular weight is 395 g/mol. The third kappa shape index (κ3) is 3.13. The molecule has 30 heavy (non-hydrogen) atoms. The minimum atomic E-state index is -1.11. The lowest BCUT2D eigenvalue weighted by Crippen LogP contribution is -2.64. The van der Waals surface area contributed by atoms with Crippen molar-refractivity contribution in [3.63, 3.8) is 0 Å². The van der Waals surface area contributed by atoms with Crippen molar-refractivity contribution >= 4 is 0 Å². The number of aliphatic hydroxyl groups is 1. The second-order valence-corrected chi connectivity index (χ2v) is 8.46. The maximum Gasteiger partial charge on any atom is 0.136 e. The van der Waals surface area contributed by atoms with Gasteiger partial charge < -0.3 is 5.11 Å². The Balaban J connectivity index is 1.65. The lowest BCUT2D eigenvalue weighted by Gasteiger charge is -2.54. The third-order valence-corrected chi connectivity index (χ3v) is 6.78. The number of terminal acetylenes is 1. The van der Waals surface area contributed by atoms with Crippen molar-refractivity contribution < 1.29 is 5.11 Å². The Hall–Kier alpha value is -2.93. The number of pyridine rings is 1. The van der Waals surface area contributed by atoms with Crippen molar-refractivity contribution in [1.82, 2.24) is 9.88 Å². The molecule has 1 N–H and O–H groups in total. The van der Waals surface area contributed by atoms with Crippen LogP contribution in [-0.2, 0) is 12.0 Å². The number of hydrogen-bond acceptors (Lipinski definition) is 3. The summed E-state index contributed by atoms with van der Waals surface area (Å²) in [5.41, 5.74) is 4.09. The van der Waals surface area contributed by atoms with Crippen molar-refractivity contribution in [3.05, 3.63) is 89.7 Å². The summed E-state index contributed by atoms with van der Waals surface area (Å²) in [4.78, 5) is 7.14. The van der Waals surface area contributed by atoms with E-state index in [2.05, 4.69) is 53.3 Å². The minimum absolute atomic E-state index is 0.146. The van der Waals surface area contributed by atoms with Crippen molar-refractivity contribution in [2.75, 3.05) is 13.1 Å². The van der Waals surface area contributed by atoms with E-state index in [0.29, 0.717) is 0 Å². The standard InChI is InChI=1S/C27H26N2O/c1-2-25-27(30,24-13-15-29(25)16-14-24)26-22(17-20-9-5-3-6-10-20)18-23(19-28-26)21-11-7-4-8-12-21/h1,3-12,18-19,24-25,30H,13-17H2. The van der Waals surface area contributed by atoms with Crippen LogP contribution < -0.4 is 0 Å². The Kier molecular flexibility index (Phi) is 4.90. The summed E-state index contributed by atoms with van der Waals surface area (Å²) in [6.07, 6.45) is 10.5. The lowest BCUT2D eigenvalue weighted by atomic mass is 9.67. The van der Waals surface area contributed by atoms with Gasteiger partial charge in [0.05, 0.1) is 5.69 Å². The Morgan fingerprint density at radius 2 is 1.67 bits per heavy atom. The van der Waals surface area contributed by atoms with E-state index in [1.165, 1.54) is 5.56 Å². The molecule has 3 aliphatic heterocycles. The van der Waals surface area contributed by atoms with Gasteiger partial charge in [-0.3, -0.25) is 9.88 Å². The van der Waals surface area contributed by atoms with Crippen LogP contribution in [0.1, 0.15) is 29.7 Å². The van der Waals surface area contributed by atoms with Crippen LogP contribution in [0.3, 0.4) is 0 Å². The van der Waals surface area contributed by atoms with Crippen molar-refractivity contribution in [1.29, 1.82) is 0 Å². The molecule has 2 atom stereocenters. The van der Waals surface area contributed by atoms with E-state index < -0.39 is 5.60 Å². The van der Waals surface area contributed by atoms with Gasteiger partial charge in [-0.1, -0.05) is 66.6 Å². The maximum atomic E-state index is 12.1. The van der Waals surface area contributed by atoms with E-state index in [-0.39, 0.29) is 12.0 Å². The van der Waals surface area contributed by atoms with Crippen molar-refractivity contribution in [3.8, 4) is 23.5 Å². The maximum absolute atomic E-state index is 12.1. The summed E-state index contributed by atoms with van der Waals surface area (Å²) in [6, 6.07) is 22.5. The van der Waals surface area contributed by atoms with E-state index in [1.807, 2.05) is 30.5 Å². The van der Waals surface area contributed by atoms with E-state index in [0.717, 1.165) is 54.7 Å². The summed E-state index contributed by atoms with van der Waals surface area (Å²) in [6.45, 7) is 1.91. The van der Waals surface area contributed by atoms with Crippen LogP contribution in [0.25, 0.3) is 11.1 Å². The Labute approximate surface area is 178 Å². The van der Waals surface area contributed by atoms with Crippen LogP contribution in [0.4, 0.5) is 0 Å². The van der Waals surface area contributed by atoms with Crippen LogP contribution in [0.2, 0.25) is 0 Å². The predicted molar refractivity (Wildman–Crippen MR) is 120 cm³/mol. The number of aromatic nitrogens is 1. The first-order valence-electron chi connectivity index (χ1n) is 10.7. The summed E-state index contributed by atoms with van der Waals surface area (Å²) in [5.74, 6) is 3.04. The normalized spacial score (nSPS) is 27.5. The van der Waals surface area contributed by atoms with Gasteiger partial charge in [-0.2, -0.15) is 0 Å². The molecule has 3 aliphatic rings. The zero-order valence-electron chi connectivity index (χ0n) is 17.0. The first kappa shape index (κ1) is 19.1. The van der Waals surface area contributed by atoms with Gasteiger partial charge in [0.25, 0.3) is 0 Å². The number of nitrogens with zero attached hydrogens (tertiary/aromatic N) is 2. The predicted octanol–water partition coefficient (Wildman–Crippen LogP) is 4.25. The molecule has 3 saturated heterocycles. The van der Waals surface area contributed by atoms with E-state index in [9.17, 15) is 5.11 Å². The molecule has 0 spiro atoms. The topological polar surface area (TPSA) is 36.4 Å². The van der Waals surface area contributed by atoms with E-state index >= 15 is 0 Å². The van der Waals surface area contributed by atoms with Gasteiger partial charge in [-0.05, 0) is 61.0 Å². The molecule has 3 nitrogen and oxygen atoms in total. The largest absolute Gasteiger partial charge is 0.381 e. The molecule has 2 aromatic carbocycles. The Morgan fingerprint density at radius 3 is 2.33 bits per heavy atom. The zero-order valence-corrected chi connectivity index (χ0v) is 17.0. The van der Waals surface area contributed by atoms with Gasteiger partial charge >= 0.3 is 0 Å². The SMILES string of the molecule is C#CC1N2CCC(CC2)C1(O)c1ncc(-c2ccccc2)cc1Cc1ccccc1. The molecule has 3 aromatic rings. The van der Waals surface area contributed by atoms with Gasteiger partial charge in [0.2, 0.25) is 0 Å². The fraction of sp³-hybridized carbons (Fsp3) is 0.296. The molecule has 0 amide bonds. The molecule has 150 valence electrons. The van der Waals surface area contributed by atoms with Gasteiger partial charge in [0.1, 0.15) is 11.6 Å². The van der Waals surface area contributed by atoms with Crippen molar-refractivity contribution in [2.45, 2.75) is 30.9 Å². The van der Waals surface area contributed by atoms with Crippen LogP contribution in [-0.4, -0.2) is 34.1 Å². The van der Waals surface area contributed by atoms with Gasteiger partial charge in [0.15, 0.2) is 0 Å². The second-order valence-electron chi connectivity index (χ2n) is 8.46. The lowest BCUT2D eigenvalue weighted by molar-refractivity contribution is -0.145. The first-order valence-corrected chi connectivity index (χ1v) is 10.7. The number of fused-ring (bicyclic) bond motifs is 3. The Bertz CT molecular complexity index is 1070. The molecular formula is C27H26N2O. The first-order chi connectivity index (χ1) is 14.7. The molecule has 2 bridgehead atoms. The monoisotopic (exact) mass is 394 g/mol. The summed E-state index contributed by atoms with van der Waals surface area (Å²) in [5, 5.41) is 12.1. The highest BCUT2D eigenvalue weighted by molar-refractivity contribution is 5.64. The number of benzene rings is 2. The fourth-order valence-corrected chi connectivity index (χ4v) is 5.26. The molecule has 6 rings (SSSR count). The number of hydrogen-bond donors (Lipinski definition) is 1. The molecule has 0 saturated carbocycles. The third-order valence-electron chi connectivity index (χ3n) is 6.78. The summed E-state index contributed by atoms with van der Waals surface area (Å²) < 4.78 is 0. The molecule has 2 unspecified atom stereocenters. The molecule has 0 aliphatic carbocycles. The molecule has 3 fully saturated rings. The van der Waals surface area contributed by atoms with E-state index in [1.54, 1.807) is 0 Å². The smallest absolute Gasteiger partial charge is 0.136 e. The second kappa shape index (κ2) is 7.72. The van der Waals surface area contributed by atoms with Crippen LogP contribution in [0.5, 0.6) is 0 Å². The Morgan fingerprint density at radius 1 is 1.00 bits per heavy atom. The van der Waals surface area contributed by atoms with Gasteiger partial charge in [-0.15, -0.1) is 6.42 Å². The molecule has 0 radical (unpaired) electrons. The highest BCUT2D eigenvalue weighted by atomic mass is 16.3. The van der Waals surface area contributed by atoms with Crippen LogP contribution in [0.15, 0.2) is 72.9 Å². The highest BCUT2D eigenvalue weighted by Crippen LogP contribution is 2.47. The molecular weight excluding hydrogens is 368 g/mol. The zero-order chi connectivity index (χ0) is 20.6. The fourth-order valence-electron chi connectivity index (χ4n) is 5.26. The van der Waals surface area contributed by atoms with Gasteiger partial charge in [-0.25, -0.2) is 0 Å². The summed E-state index contributed by atoms with van der Waals surface area (Å²) >= 11 is 0. The average Bonchev–Trinajstić information content (AvgIpc) is 2.81. The quantitative estimate of drug-likeness (QED) is 0.672.